The summed E-state index contributed by atoms with van der Waals surface area (Å²) in [5, 5.41) is 10.1. The molecule has 2 N–H and O–H groups in total. The van der Waals surface area contributed by atoms with E-state index < -0.39 is 20.8 Å². The van der Waals surface area contributed by atoms with Gasteiger partial charge in [-0.1, -0.05) is 70.8 Å². The highest BCUT2D eigenvalue weighted by atomic mass is 35.5. The summed E-state index contributed by atoms with van der Waals surface area (Å²) >= 11 is 12.2. The topological polar surface area (TPSA) is 103 Å². The van der Waals surface area contributed by atoms with Crippen LogP contribution in [0.3, 0.4) is 0 Å². The molecule has 0 amide bonds. The van der Waals surface area contributed by atoms with Gasteiger partial charge in [-0.25, -0.2) is 17.8 Å². The van der Waals surface area contributed by atoms with Crippen LogP contribution in [0.15, 0.2) is 92.2 Å². The van der Waals surface area contributed by atoms with E-state index in [0.717, 1.165) is 5.56 Å². The fourth-order valence-electron chi connectivity index (χ4n) is 2.99. The molecule has 3 aromatic carbocycles. The molecule has 0 radical (unpaired) electrons. The quantitative estimate of drug-likeness (QED) is 0.415. The molecule has 0 aliphatic rings. The minimum absolute atomic E-state index is 0.0441. The fourth-order valence-corrected chi connectivity index (χ4v) is 5.25. The van der Waals surface area contributed by atoms with Crippen LogP contribution in [0.4, 0.5) is 0 Å². The molecule has 0 aliphatic heterocycles. The van der Waals surface area contributed by atoms with Gasteiger partial charge in [-0.3, -0.25) is 0 Å². The predicted octanol–water partition coefficient (Wildman–Crippen LogP) is 5.13. The molecule has 6 nitrogen and oxygen atoms in total. The second-order valence-corrected chi connectivity index (χ2v) is 10.2. The minimum atomic E-state index is -3.86. The second-order valence-electron chi connectivity index (χ2n) is 6.47. The standard InChI is InChI=1S/C21H14Cl2N2O4S2/c22-15-8-11-18(17(23)12-15)30(26)21-19(13-6-9-16(10-7-13)31(24,27)28)20(25-29-21)14-4-2-1-3-5-14/h1-12H,(H2,24,27,28). The Morgan fingerprint density at radius 2 is 1.58 bits per heavy atom. The van der Waals surface area contributed by atoms with Crippen molar-refractivity contribution in [1.82, 2.24) is 5.16 Å². The summed E-state index contributed by atoms with van der Waals surface area (Å²) in [5.41, 5.74) is 2.21. The molecule has 0 fully saturated rings. The largest absolute Gasteiger partial charge is 0.346 e. The lowest BCUT2D eigenvalue weighted by Crippen LogP contribution is -2.11. The van der Waals surface area contributed by atoms with Crippen LogP contribution in [0.25, 0.3) is 22.4 Å². The highest BCUT2D eigenvalue weighted by molar-refractivity contribution is 7.89. The smallest absolute Gasteiger partial charge is 0.238 e. The van der Waals surface area contributed by atoms with Gasteiger partial charge >= 0.3 is 0 Å². The fraction of sp³-hybridized carbons (Fsp3) is 0. The van der Waals surface area contributed by atoms with E-state index in [4.69, 9.17) is 32.9 Å². The molecule has 4 aromatic rings. The zero-order chi connectivity index (χ0) is 22.2. The SMILES string of the molecule is NS(=O)(=O)c1ccc(-c2c(-c3ccccc3)noc2S(=O)c2ccc(Cl)cc2Cl)cc1. The van der Waals surface area contributed by atoms with Gasteiger partial charge in [-0.05, 0) is 35.9 Å². The van der Waals surface area contributed by atoms with E-state index in [9.17, 15) is 12.6 Å². The molecule has 0 saturated heterocycles. The number of nitrogens with zero attached hydrogens (tertiary/aromatic N) is 1. The summed E-state index contributed by atoms with van der Waals surface area (Å²) in [4.78, 5) is 0.265. The molecule has 1 aromatic heterocycles. The Labute approximate surface area is 191 Å². The summed E-state index contributed by atoms with van der Waals surface area (Å²) in [5.74, 6) is 0. The zero-order valence-corrected chi connectivity index (χ0v) is 18.8. The molecule has 1 heterocycles. The molecule has 1 unspecified atom stereocenters. The van der Waals surface area contributed by atoms with Gasteiger partial charge in [0.05, 0.1) is 20.4 Å². The lowest BCUT2D eigenvalue weighted by molar-refractivity contribution is 0.348. The Hall–Kier alpha value is -2.49. The van der Waals surface area contributed by atoms with Crippen molar-refractivity contribution >= 4 is 44.0 Å². The Kier molecular flexibility index (Phi) is 6.00. The minimum Gasteiger partial charge on any atom is -0.346 e. The van der Waals surface area contributed by atoms with Crippen LogP contribution in [-0.4, -0.2) is 17.8 Å². The van der Waals surface area contributed by atoms with Crippen molar-refractivity contribution < 1.29 is 17.1 Å². The number of benzene rings is 3. The van der Waals surface area contributed by atoms with E-state index in [1.54, 1.807) is 24.3 Å². The molecule has 10 heteroatoms. The first-order chi connectivity index (χ1) is 14.8. The van der Waals surface area contributed by atoms with Gasteiger partial charge in [0.2, 0.25) is 15.1 Å². The molecule has 4 rings (SSSR count). The van der Waals surface area contributed by atoms with Gasteiger partial charge in [0, 0.05) is 10.6 Å². The van der Waals surface area contributed by atoms with E-state index in [1.807, 2.05) is 30.3 Å². The maximum Gasteiger partial charge on any atom is 0.238 e. The second kappa shape index (κ2) is 8.57. The summed E-state index contributed by atoms with van der Waals surface area (Å²) in [7, 11) is -5.68. The highest BCUT2D eigenvalue weighted by Crippen LogP contribution is 2.39. The van der Waals surface area contributed by atoms with Crippen LogP contribution in [0.2, 0.25) is 10.0 Å². The van der Waals surface area contributed by atoms with Crippen LogP contribution < -0.4 is 5.14 Å². The Bertz CT molecular complexity index is 1390. The van der Waals surface area contributed by atoms with Crippen LogP contribution >= 0.6 is 23.2 Å². The van der Waals surface area contributed by atoms with Crippen molar-refractivity contribution in [3.8, 4) is 22.4 Å². The average Bonchev–Trinajstić information content (AvgIpc) is 3.18. The third-order valence-corrected chi connectivity index (χ3v) is 7.40. The number of primary sulfonamides is 1. The van der Waals surface area contributed by atoms with Crippen molar-refractivity contribution in [2.45, 2.75) is 14.9 Å². The van der Waals surface area contributed by atoms with E-state index in [2.05, 4.69) is 5.16 Å². The first-order valence-electron chi connectivity index (χ1n) is 8.81. The molecule has 0 bridgehead atoms. The number of nitrogens with two attached hydrogens (primary N) is 1. The lowest BCUT2D eigenvalue weighted by atomic mass is 10.0. The first kappa shape index (κ1) is 21.7. The number of hydrogen-bond donors (Lipinski definition) is 1. The van der Waals surface area contributed by atoms with Crippen molar-refractivity contribution in [2.24, 2.45) is 5.14 Å². The van der Waals surface area contributed by atoms with Crippen LogP contribution in [0.1, 0.15) is 0 Å². The van der Waals surface area contributed by atoms with Gasteiger partial charge in [0.25, 0.3) is 0 Å². The normalized spacial score (nSPS) is 12.6. The van der Waals surface area contributed by atoms with Gasteiger partial charge in [-0.15, -0.1) is 0 Å². The lowest BCUT2D eigenvalue weighted by Gasteiger charge is -2.07. The monoisotopic (exact) mass is 492 g/mol. The number of hydrogen-bond acceptors (Lipinski definition) is 5. The molecule has 158 valence electrons. The molecule has 0 saturated carbocycles. The average molecular weight is 493 g/mol. The van der Waals surface area contributed by atoms with Gasteiger partial charge < -0.3 is 4.52 Å². The van der Waals surface area contributed by atoms with Crippen molar-refractivity contribution in [3.05, 3.63) is 82.8 Å². The zero-order valence-electron chi connectivity index (χ0n) is 15.7. The maximum absolute atomic E-state index is 13.4. The van der Waals surface area contributed by atoms with Crippen molar-refractivity contribution in [2.75, 3.05) is 0 Å². The van der Waals surface area contributed by atoms with E-state index in [-0.39, 0.29) is 15.0 Å². The summed E-state index contributed by atoms with van der Waals surface area (Å²) < 4.78 is 42.1. The van der Waals surface area contributed by atoms with Gasteiger partial charge in [-0.2, -0.15) is 0 Å². The van der Waals surface area contributed by atoms with E-state index in [0.29, 0.717) is 26.7 Å². The predicted molar refractivity (Wildman–Crippen MR) is 120 cm³/mol. The molecular formula is C21H14Cl2N2O4S2. The highest BCUT2D eigenvalue weighted by Gasteiger charge is 2.26. The summed E-state index contributed by atoms with van der Waals surface area (Å²) in [6.07, 6.45) is 0. The molecule has 0 aliphatic carbocycles. The Morgan fingerprint density at radius 3 is 2.19 bits per heavy atom. The van der Waals surface area contributed by atoms with Crippen molar-refractivity contribution in [1.29, 1.82) is 0 Å². The van der Waals surface area contributed by atoms with Crippen LogP contribution in [-0.2, 0) is 20.8 Å². The van der Waals surface area contributed by atoms with Gasteiger partial charge in [0.15, 0.2) is 0 Å². The third-order valence-electron chi connectivity index (χ3n) is 4.44. The molecule has 0 spiro atoms. The Balaban J connectivity index is 1.91. The number of rotatable bonds is 5. The van der Waals surface area contributed by atoms with Crippen LogP contribution in [0.5, 0.6) is 0 Å². The van der Waals surface area contributed by atoms with Gasteiger partial charge in [0.1, 0.15) is 16.5 Å². The number of sulfonamides is 1. The van der Waals surface area contributed by atoms with E-state index in [1.165, 1.54) is 18.2 Å². The molecule has 31 heavy (non-hydrogen) atoms. The van der Waals surface area contributed by atoms with Crippen molar-refractivity contribution in [3.63, 3.8) is 0 Å². The maximum atomic E-state index is 13.4. The van der Waals surface area contributed by atoms with E-state index >= 15 is 0 Å². The summed E-state index contributed by atoms with van der Waals surface area (Å²) in [6, 6.07) is 19.7. The molecular weight excluding hydrogens is 479 g/mol. The summed E-state index contributed by atoms with van der Waals surface area (Å²) in [6.45, 7) is 0. The Morgan fingerprint density at radius 1 is 0.903 bits per heavy atom. The third kappa shape index (κ3) is 4.44. The first-order valence-corrected chi connectivity index (χ1v) is 12.3. The molecule has 1 atom stereocenters. The number of aromatic nitrogens is 1. The van der Waals surface area contributed by atoms with Crippen LogP contribution in [0, 0.1) is 0 Å². The number of halogens is 2.